The van der Waals surface area contributed by atoms with Crippen molar-refractivity contribution >= 4 is 22.8 Å². The Hall–Kier alpha value is -2.67. The number of nitrogens with two attached hydrogens (primary N) is 1. The number of fused-ring (bicyclic) bond motifs is 1. The van der Waals surface area contributed by atoms with Crippen molar-refractivity contribution in [2.45, 2.75) is 26.3 Å². The molecule has 0 radical (unpaired) electrons. The predicted molar refractivity (Wildman–Crippen MR) is 101 cm³/mol. The molecule has 25 heavy (non-hydrogen) atoms. The fourth-order valence-electron chi connectivity index (χ4n) is 2.67. The van der Waals surface area contributed by atoms with Crippen LogP contribution in [0.15, 0.2) is 30.3 Å². The average Bonchev–Trinajstić information content (AvgIpc) is 2.92. The molecule has 3 N–H and O–H groups in total. The van der Waals surface area contributed by atoms with E-state index in [2.05, 4.69) is 41.2 Å². The summed E-state index contributed by atoms with van der Waals surface area (Å²) in [5.74, 6) is 1.09. The maximum atomic E-state index is 6.42. The van der Waals surface area contributed by atoms with E-state index in [1.165, 1.54) is 0 Å². The van der Waals surface area contributed by atoms with Gasteiger partial charge in [0.25, 0.3) is 0 Å². The van der Waals surface area contributed by atoms with Crippen LogP contribution in [-0.2, 0) is 10.3 Å². The number of hydrogen-bond donors (Lipinski definition) is 2. The first kappa shape index (κ1) is 17.2. The van der Waals surface area contributed by atoms with E-state index in [0.717, 1.165) is 16.6 Å². The average molecular weight is 340 g/mol. The maximum Gasteiger partial charge on any atom is 0.225 e. The summed E-state index contributed by atoms with van der Waals surface area (Å²) in [4.78, 5) is 9.23. The summed E-state index contributed by atoms with van der Waals surface area (Å²) >= 11 is 0. The molecule has 0 amide bonds. The van der Waals surface area contributed by atoms with E-state index in [0.29, 0.717) is 30.6 Å². The van der Waals surface area contributed by atoms with Crippen LogP contribution in [0.2, 0.25) is 0 Å². The third-order valence-electron chi connectivity index (χ3n) is 3.84. The van der Waals surface area contributed by atoms with E-state index in [4.69, 9.17) is 10.5 Å². The van der Waals surface area contributed by atoms with Gasteiger partial charge in [0.05, 0.1) is 23.2 Å². The molecule has 0 aliphatic heterocycles. The Morgan fingerprint density at radius 3 is 2.52 bits per heavy atom. The molecule has 2 aromatic heterocycles. The lowest BCUT2D eigenvalue weighted by molar-refractivity contribution is 0.210. The van der Waals surface area contributed by atoms with Gasteiger partial charge in [0.15, 0.2) is 5.65 Å². The van der Waals surface area contributed by atoms with Crippen molar-refractivity contribution in [3.63, 3.8) is 0 Å². The molecule has 0 spiro atoms. The van der Waals surface area contributed by atoms with Gasteiger partial charge in [-0.2, -0.15) is 4.98 Å². The van der Waals surface area contributed by atoms with Gasteiger partial charge in [0, 0.05) is 19.2 Å². The second-order valence-corrected chi connectivity index (χ2v) is 6.85. The summed E-state index contributed by atoms with van der Waals surface area (Å²) < 4.78 is 6.88. The molecule has 1 aromatic carbocycles. The molecule has 3 rings (SSSR count). The number of anilines is 2. The second kappa shape index (κ2) is 6.68. The van der Waals surface area contributed by atoms with E-state index in [1.54, 1.807) is 11.8 Å². The Balaban J connectivity index is 2.20. The lowest BCUT2D eigenvalue weighted by Crippen LogP contribution is -2.24. The van der Waals surface area contributed by atoms with E-state index in [-0.39, 0.29) is 5.54 Å². The van der Waals surface area contributed by atoms with E-state index < -0.39 is 0 Å². The number of nitrogen functional groups attached to an aromatic ring is 1. The first-order chi connectivity index (χ1) is 11.9. The molecular formula is C18H24N6O. The monoisotopic (exact) mass is 340 g/mol. The summed E-state index contributed by atoms with van der Waals surface area (Å²) in [7, 11) is 1.66. The molecule has 0 aliphatic carbocycles. The van der Waals surface area contributed by atoms with Crippen LogP contribution in [0.25, 0.3) is 22.3 Å². The molecule has 0 aliphatic rings. The minimum absolute atomic E-state index is 0.248. The topological polar surface area (TPSA) is 90.9 Å². The highest BCUT2D eigenvalue weighted by atomic mass is 16.5. The Bertz CT molecular complexity index is 867. The van der Waals surface area contributed by atoms with Crippen molar-refractivity contribution in [2.75, 3.05) is 31.3 Å². The smallest absolute Gasteiger partial charge is 0.225 e. The van der Waals surface area contributed by atoms with Gasteiger partial charge in [-0.3, -0.25) is 0 Å². The molecule has 2 heterocycles. The van der Waals surface area contributed by atoms with Crippen LogP contribution in [-0.4, -0.2) is 40.0 Å². The number of ether oxygens (including phenoxy) is 1. The molecule has 7 heteroatoms. The highest BCUT2D eigenvalue weighted by molar-refractivity contribution is 5.99. The van der Waals surface area contributed by atoms with Crippen molar-refractivity contribution in [1.82, 2.24) is 19.7 Å². The summed E-state index contributed by atoms with van der Waals surface area (Å²) in [6.07, 6.45) is 0. The quantitative estimate of drug-likeness (QED) is 0.694. The highest BCUT2D eigenvalue weighted by Gasteiger charge is 2.24. The molecule has 0 saturated heterocycles. The van der Waals surface area contributed by atoms with Crippen LogP contribution < -0.4 is 11.1 Å². The Labute approximate surface area is 147 Å². The standard InChI is InChI=1S/C18H24N6O/c1-18(2,3)24-15(19)13-14(12-8-6-5-7-9-12)21-17(20-10-11-25-4)22-16(13)23-24/h5-9H,10-11,19H2,1-4H3,(H,20,22,23). The number of aromatic nitrogens is 4. The predicted octanol–water partition coefficient (Wildman–Crippen LogP) is 2.89. The molecule has 3 aromatic rings. The zero-order valence-electron chi connectivity index (χ0n) is 15.1. The van der Waals surface area contributed by atoms with Gasteiger partial charge in [-0.25, -0.2) is 9.67 Å². The molecule has 0 bridgehead atoms. The van der Waals surface area contributed by atoms with E-state index >= 15 is 0 Å². The Kier molecular flexibility index (Phi) is 4.59. The van der Waals surface area contributed by atoms with Crippen molar-refractivity contribution in [1.29, 1.82) is 0 Å². The second-order valence-electron chi connectivity index (χ2n) is 6.85. The van der Waals surface area contributed by atoms with Gasteiger partial charge in [0.1, 0.15) is 5.82 Å². The minimum atomic E-state index is -0.248. The normalized spacial score (nSPS) is 11.8. The van der Waals surface area contributed by atoms with Crippen LogP contribution in [0.1, 0.15) is 20.8 Å². The lowest BCUT2D eigenvalue weighted by atomic mass is 10.1. The SMILES string of the molecule is COCCNc1nc(-c2ccccc2)c2c(N)n(C(C)(C)C)nc2n1. The maximum absolute atomic E-state index is 6.42. The molecule has 0 fully saturated rings. The molecule has 0 unspecified atom stereocenters. The number of methoxy groups -OCH3 is 1. The van der Waals surface area contributed by atoms with Crippen molar-refractivity contribution < 1.29 is 4.74 Å². The largest absolute Gasteiger partial charge is 0.383 e. The van der Waals surface area contributed by atoms with Crippen molar-refractivity contribution in [3.8, 4) is 11.3 Å². The first-order valence-corrected chi connectivity index (χ1v) is 8.27. The van der Waals surface area contributed by atoms with Gasteiger partial charge < -0.3 is 15.8 Å². The third-order valence-corrected chi connectivity index (χ3v) is 3.84. The van der Waals surface area contributed by atoms with Crippen LogP contribution >= 0.6 is 0 Å². The number of nitrogens with one attached hydrogen (secondary N) is 1. The number of benzene rings is 1. The lowest BCUT2D eigenvalue weighted by Gasteiger charge is -2.20. The third kappa shape index (κ3) is 3.41. The summed E-state index contributed by atoms with van der Waals surface area (Å²) in [6.45, 7) is 7.36. The van der Waals surface area contributed by atoms with E-state index in [9.17, 15) is 0 Å². The van der Waals surface area contributed by atoms with Crippen LogP contribution in [0, 0.1) is 0 Å². The van der Waals surface area contributed by atoms with Gasteiger partial charge in [0.2, 0.25) is 5.95 Å². The molecule has 0 saturated carbocycles. The Morgan fingerprint density at radius 1 is 1.16 bits per heavy atom. The summed E-state index contributed by atoms with van der Waals surface area (Å²) in [6, 6.07) is 9.95. The van der Waals surface area contributed by atoms with Crippen molar-refractivity contribution in [3.05, 3.63) is 30.3 Å². The van der Waals surface area contributed by atoms with Crippen molar-refractivity contribution in [2.24, 2.45) is 0 Å². The fraction of sp³-hybridized carbons (Fsp3) is 0.389. The number of nitrogens with zero attached hydrogens (tertiary/aromatic N) is 4. The summed E-state index contributed by atoms with van der Waals surface area (Å²) in [5.41, 5.74) is 8.50. The summed E-state index contributed by atoms with van der Waals surface area (Å²) in [5, 5.41) is 8.58. The zero-order valence-corrected chi connectivity index (χ0v) is 15.1. The van der Waals surface area contributed by atoms with Gasteiger partial charge in [-0.05, 0) is 20.8 Å². The fourth-order valence-corrected chi connectivity index (χ4v) is 2.67. The zero-order chi connectivity index (χ0) is 18.0. The van der Waals surface area contributed by atoms with Gasteiger partial charge in [-0.15, -0.1) is 5.10 Å². The molecule has 132 valence electrons. The molecule has 0 atom stereocenters. The minimum Gasteiger partial charge on any atom is -0.383 e. The molecular weight excluding hydrogens is 316 g/mol. The first-order valence-electron chi connectivity index (χ1n) is 8.27. The van der Waals surface area contributed by atoms with Crippen LogP contribution in [0.3, 0.4) is 0 Å². The number of rotatable bonds is 5. The van der Waals surface area contributed by atoms with Crippen LogP contribution in [0.4, 0.5) is 11.8 Å². The van der Waals surface area contributed by atoms with Gasteiger partial charge >= 0.3 is 0 Å². The van der Waals surface area contributed by atoms with Gasteiger partial charge in [-0.1, -0.05) is 30.3 Å². The van der Waals surface area contributed by atoms with Crippen LogP contribution in [0.5, 0.6) is 0 Å². The highest BCUT2D eigenvalue weighted by Crippen LogP contribution is 2.33. The van der Waals surface area contributed by atoms with E-state index in [1.807, 2.05) is 30.3 Å². The number of hydrogen-bond acceptors (Lipinski definition) is 6. The Morgan fingerprint density at radius 2 is 1.88 bits per heavy atom. The molecule has 7 nitrogen and oxygen atoms in total.